The van der Waals surface area contributed by atoms with E-state index >= 15 is 0 Å². The maximum absolute atomic E-state index is 3.86. The molecule has 0 atom stereocenters. The summed E-state index contributed by atoms with van der Waals surface area (Å²) < 4.78 is 1.85. The third-order valence-electron chi connectivity index (χ3n) is 1.25. The van der Waals surface area contributed by atoms with Gasteiger partial charge in [0, 0.05) is 6.07 Å². The zero-order chi connectivity index (χ0) is 6.69. The second-order valence-corrected chi connectivity index (χ2v) is 1.88. The molecule has 0 N–H and O–H groups in total. The molecule has 0 amide bonds. The molecule has 0 bridgehead atoms. The van der Waals surface area contributed by atoms with Gasteiger partial charge in [0.25, 0.3) is 0 Å². The van der Waals surface area contributed by atoms with E-state index in [4.69, 9.17) is 0 Å². The molecule has 0 saturated carbocycles. The van der Waals surface area contributed by atoms with Gasteiger partial charge >= 0.3 is 0 Å². The fourth-order valence-corrected chi connectivity index (χ4v) is 0.703. The highest BCUT2D eigenvalue weighted by Gasteiger charge is 1.98. The van der Waals surface area contributed by atoms with Crippen molar-refractivity contribution in [1.29, 1.82) is 0 Å². The highest BCUT2D eigenvalue weighted by Crippen LogP contribution is 1.79. The smallest absolute Gasteiger partial charge is 0.135 e. The third kappa shape index (κ3) is 1.22. The summed E-state index contributed by atoms with van der Waals surface area (Å²) in [5, 5.41) is 7.59. The maximum atomic E-state index is 3.86. The fourth-order valence-electron chi connectivity index (χ4n) is 0.703. The van der Waals surface area contributed by atoms with Gasteiger partial charge in [-0.25, -0.2) is 0 Å². The monoisotopic (exact) mass is 124 g/mol. The summed E-state index contributed by atoms with van der Waals surface area (Å²) in [5.41, 5.74) is 1.15. The van der Waals surface area contributed by atoms with Crippen LogP contribution in [0.15, 0.2) is 12.3 Å². The molecule has 1 aromatic heterocycles. The van der Waals surface area contributed by atoms with Crippen molar-refractivity contribution in [3.63, 3.8) is 0 Å². The van der Waals surface area contributed by atoms with Gasteiger partial charge in [-0.1, -0.05) is 0 Å². The molecule has 9 heavy (non-hydrogen) atoms. The van der Waals surface area contributed by atoms with E-state index < -0.39 is 0 Å². The van der Waals surface area contributed by atoms with Crippen LogP contribution in [0.3, 0.4) is 0 Å². The molecule has 0 spiro atoms. The van der Waals surface area contributed by atoms with Gasteiger partial charge in [0.2, 0.25) is 0 Å². The Balaban J connectivity index is 3.01. The fraction of sp³-hybridized carbons (Fsp3) is 0.500. The molecule has 0 saturated heterocycles. The Morgan fingerprint density at radius 2 is 2.44 bits per heavy atom. The Kier molecular flexibility index (Phi) is 1.72. The predicted octanol–water partition coefficient (Wildman–Crippen LogP) is 0.0924. The Bertz CT molecular complexity index is 197. The topological polar surface area (TPSA) is 29.7 Å². The molecule has 1 aromatic rings. The summed E-state index contributed by atoms with van der Waals surface area (Å²) in [6.45, 7) is 4.94. The van der Waals surface area contributed by atoms with Crippen molar-refractivity contribution in [3.05, 3.63) is 18.0 Å². The van der Waals surface area contributed by atoms with Crippen molar-refractivity contribution in [2.45, 2.75) is 20.4 Å². The van der Waals surface area contributed by atoms with Crippen LogP contribution in [-0.2, 0) is 6.54 Å². The Morgan fingerprint density at radius 3 is 2.89 bits per heavy atom. The molecule has 1 rings (SSSR count). The van der Waals surface area contributed by atoms with Gasteiger partial charge in [-0.3, -0.25) is 0 Å². The van der Waals surface area contributed by atoms with Crippen molar-refractivity contribution in [1.82, 2.24) is 10.3 Å². The Morgan fingerprint density at radius 1 is 1.67 bits per heavy atom. The minimum atomic E-state index is 0.889. The molecule has 1 heterocycles. The Labute approximate surface area is 54.3 Å². The molecular formula is C6H10N3+. The van der Waals surface area contributed by atoms with Crippen molar-refractivity contribution >= 4 is 0 Å². The zero-order valence-electron chi connectivity index (χ0n) is 5.70. The van der Waals surface area contributed by atoms with Crippen LogP contribution >= 0.6 is 0 Å². The predicted molar refractivity (Wildman–Crippen MR) is 32.6 cm³/mol. The first-order valence-electron chi connectivity index (χ1n) is 3.03. The van der Waals surface area contributed by atoms with Crippen molar-refractivity contribution in [2.75, 3.05) is 0 Å². The third-order valence-corrected chi connectivity index (χ3v) is 1.25. The minimum Gasteiger partial charge on any atom is -0.135 e. The van der Waals surface area contributed by atoms with E-state index in [1.54, 1.807) is 6.20 Å². The van der Waals surface area contributed by atoms with Gasteiger partial charge in [0.15, 0.2) is 6.20 Å². The van der Waals surface area contributed by atoms with Crippen LogP contribution in [0.1, 0.15) is 12.6 Å². The lowest BCUT2D eigenvalue weighted by molar-refractivity contribution is -0.761. The number of aromatic nitrogens is 3. The minimum absolute atomic E-state index is 0.889. The quantitative estimate of drug-likeness (QED) is 0.497. The van der Waals surface area contributed by atoms with Crippen LogP contribution in [-0.4, -0.2) is 10.3 Å². The van der Waals surface area contributed by atoms with Crippen molar-refractivity contribution in [2.24, 2.45) is 0 Å². The van der Waals surface area contributed by atoms with E-state index in [1.807, 2.05) is 24.6 Å². The second kappa shape index (κ2) is 2.53. The summed E-state index contributed by atoms with van der Waals surface area (Å²) in [6, 6.07) is 1.94. The van der Waals surface area contributed by atoms with Crippen LogP contribution < -0.4 is 4.68 Å². The lowest BCUT2D eigenvalue weighted by Gasteiger charge is -1.90. The van der Waals surface area contributed by atoms with Gasteiger partial charge < -0.3 is 0 Å². The molecular weight excluding hydrogens is 114 g/mol. The molecule has 0 fully saturated rings. The molecule has 0 aliphatic heterocycles. The molecule has 48 valence electrons. The first-order chi connectivity index (χ1) is 4.34. The molecule has 3 nitrogen and oxygen atoms in total. The average Bonchev–Trinajstić information content (AvgIpc) is 1.89. The number of hydrogen-bond donors (Lipinski definition) is 0. The lowest BCUT2D eigenvalue weighted by atomic mass is 10.4. The second-order valence-electron chi connectivity index (χ2n) is 1.88. The summed E-state index contributed by atoms with van der Waals surface area (Å²) in [7, 11) is 0. The lowest BCUT2D eigenvalue weighted by Crippen LogP contribution is -2.40. The van der Waals surface area contributed by atoms with E-state index in [0.717, 1.165) is 12.2 Å². The molecule has 0 radical (unpaired) electrons. The number of hydrogen-bond acceptors (Lipinski definition) is 2. The molecule has 0 unspecified atom stereocenters. The first-order valence-corrected chi connectivity index (χ1v) is 3.03. The number of nitrogens with zero attached hydrogens (tertiary/aromatic N) is 3. The van der Waals surface area contributed by atoms with E-state index in [1.165, 1.54) is 0 Å². The largest absolute Gasteiger partial charge is 0.171 e. The van der Waals surface area contributed by atoms with Crippen LogP contribution in [0.4, 0.5) is 0 Å². The van der Waals surface area contributed by atoms with Crippen LogP contribution in [0, 0.1) is 6.92 Å². The highest BCUT2D eigenvalue weighted by atomic mass is 15.4. The van der Waals surface area contributed by atoms with Crippen LogP contribution in [0.25, 0.3) is 0 Å². The molecule has 3 heteroatoms. The maximum Gasteiger partial charge on any atom is 0.171 e. The van der Waals surface area contributed by atoms with Crippen LogP contribution in [0.5, 0.6) is 0 Å². The summed E-state index contributed by atoms with van der Waals surface area (Å²) in [6.07, 6.45) is 1.70. The van der Waals surface area contributed by atoms with Gasteiger partial charge in [-0.2, -0.15) is 0 Å². The van der Waals surface area contributed by atoms with E-state index in [9.17, 15) is 0 Å². The molecule has 0 aliphatic rings. The van der Waals surface area contributed by atoms with E-state index in [0.29, 0.717) is 0 Å². The van der Waals surface area contributed by atoms with Gasteiger partial charge in [0.1, 0.15) is 17.5 Å². The van der Waals surface area contributed by atoms with Gasteiger partial charge in [-0.05, 0) is 13.8 Å². The summed E-state index contributed by atoms with van der Waals surface area (Å²) in [5.74, 6) is 0. The van der Waals surface area contributed by atoms with E-state index in [-0.39, 0.29) is 0 Å². The zero-order valence-corrected chi connectivity index (χ0v) is 5.70. The normalized spacial score (nSPS) is 9.56. The van der Waals surface area contributed by atoms with Crippen molar-refractivity contribution < 1.29 is 4.68 Å². The van der Waals surface area contributed by atoms with Gasteiger partial charge in [0.05, 0.1) is 5.10 Å². The number of aryl methyl sites for hydroxylation is 2. The van der Waals surface area contributed by atoms with Gasteiger partial charge in [-0.15, -0.1) is 4.68 Å². The van der Waals surface area contributed by atoms with Crippen molar-refractivity contribution in [3.8, 4) is 0 Å². The van der Waals surface area contributed by atoms with Crippen LogP contribution in [0.2, 0.25) is 0 Å². The first kappa shape index (κ1) is 6.13. The Hall–Kier alpha value is -0.990. The summed E-state index contributed by atoms with van der Waals surface area (Å²) >= 11 is 0. The average molecular weight is 124 g/mol. The SMILES string of the molecule is CC[n+]1nnccc1C. The number of rotatable bonds is 1. The molecule has 0 aliphatic carbocycles. The standard InChI is InChI=1S/C6H10N3/c1-3-9-6(2)4-5-7-8-9/h4-5H,3H2,1-2H3/q+1. The molecule has 0 aromatic carbocycles. The van der Waals surface area contributed by atoms with E-state index in [2.05, 4.69) is 10.3 Å². The highest BCUT2D eigenvalue weighted by molar-refractivity contribution is 4.84. The summed E-state index contributed by atoms with van der Waals surface area (Å²) in [4.78, 5) is 0.